The van der Waals surface area contributed by atoms with Gasteiger partial charge in [-0.3, -0.25) is 5.32 Å². The van der Waals surface area contributed by atoms with Crippen molar-refractivity contribution >= 4 is 63.5 Å². The molecule has 2 heterocycles. The van der Waals surface area contributed by atoms with Crippen LogP contribution in [0.15, 0.2) is 82.0 Å². The molecule has 5 rings (SSSR count). The molecule has 0 saturated heterocycles. The Morgan fingerprint density at radius 1 is 0.867 bits per heavy atom. The summed E-state index contributed by atoms with van der Waals surface area (Å²) in [5, 5.41) is 12.3. The van der Waals surface area contributed by atoms with Crippen LogP contribution in [0.4, 0.5) is 22.4 Å². The van der Waals surface area contributed by atoms with Gasteiger partial charge < -0.3 is 34.6 Å². The summed E-state index contributed by atoms with van der Waals surface area (Å²) >= 11 is 11.5. The fourth-order valence-electron chi connectivity index (χ4n) is 4.11. The van der Waals surface area contributed by atoms with Gasteiger partial charge in [0.05, 0.1) is 25.7 Å². The number of rotatable bonds is 10. The van der Waals surface area contributed by atoms with Crippen LogP contribution < -0.4 is 41.1 Å². The number of carbonyl (C=O) groups is 1. The molecule has 3 aromatic carbocycles. The van der Waals surface area contributed by atoms with Crippen LogP contribution in [-0.4, -0.2) is 46.9 Å². The molecule has 0 aliphatic rings. The highest BCUT2D eigenvalue weighted by Crippen LogP contribution is 2.29. The number of halogens is 1. The molecular formula is C30H26ClN7O6S. The van der Waals surface area contributed by atoms with E-state index in [-0.39, 0.29) is 28.8 Å². The van der Waals surface area contributed by atoms with Crippen molar-refractivity contribution in [3.05, 3.63) is 93.8 Å². The molecule has 0 bridgehead atoms. The lowest BCUT2D eigenvalue weighted by atomic mass is 10.1. The Labute approximate surface area is 266 Å². The first-order valence-electron chi connectivity index (χ1n) is 13.4. The van der Waals surface area contributed by atoms with Gasteiger partial charge in [0.25, 0.3) is 0 Å². The number of benzene rings is 3. The van der Waals surface area contributed by atoms with Crippen molar-refractivity contribution < 1.29 is 23.4 Å². The zero-order chi connectivity index (χ0) is 31.8. The largest absolute Gasteiger partial charge is 0.493 e. The first-order chi connectivity index (χ1) is 21.8. The van der Waals surface area contributed by atoms with Gasteiger partial charge in [0.1, 0.15) is 11.3 Å². The van der Waals surface area contributed by atoms with Gasteiger partial charge in [0.15, 0.2) is 16.6 Å². The van der Waals surface area contributed by atoms with Crippen molar-refractivity contribution in [1.82, 2.24) is 20.3 Å². The first-order valence-corrected chi connectivity index (χ1v) is 14.1. The van der Waals surface area contributed by atoms with E-state index in [2.05, 4.69) is 36.2 Å². The maximum Gasteiger partial charge on any atom is 0.339 e. The zero-order valence-electron chi connectivity index (χ0n) is 23.9. The van der Waals surface area contributed by atoms with E-state index >= 15 is 0 Å². The van der Waals surface area contributed by atoms with Gasteiger partial charge in [-0.1, -0.05) is 35.9 Å². The number of anilines is 3. The van der Waals surface area contributed by atoms with Crippen LogP contribution in [0.1, 0.15) is 5.56 Å². The number of urea groups is 1. The minimum Gasteiger partial charge on any atom is -0.493 e. The number of aromatic nitrogens is 3. The fourth-order valence-corrected chi connectivity index (χ4v) is 4.49. The molecule has 2 amide bonds. The number of ether oxygens (including phenoxy) is 3. The monoisotopic (exact) mass is 647 g/mol. The van der Waals surface area contributed by atoms with Crippen LogP contribution in [0, 0.1) is 0 Å². The molecule has 0 atom stereocenters. The highest BCUT2D eigenvalue weighted by molar-refractivity contribution is 7.80. The van der Waals surface area contributed by atoms with Gasteiger partial charge in [0.2, 0.25) is 11.9 Å². The number of amides is 2. The molecule has 0 unspecified atom stereocenters. The maximum atomic E-state index is 12.7. The topological polar surface area (TPSA) is 162 Å². The predicted molar refractivity (Wildman–Crippen MR) is 174 cm³/mol. The summed E-state index contributed by atoms with van der Waals surface area (Å²) < 4.78 is 21.8. The van der Waals surface area contributed by atoms with Gasteiger partial charge in [-0.15, -0.1) is 0 Å². The third kappa shape index (κ3) is 8.34. The standard InChI is InChI=1S/C30H26ClN7O6S/c1-41-22-11-10-17(14-24(22)42-2)12-13-32-30(45)38-27-34-26(35-28(40)33-19-7-5-6-18(31)15-19)36-29(37-27)44-23-16-25(39)43-21-9-4-3-8-20(21)23/h3-11,14-16H,12-13H2,1-2H3,(H4,32,33,34,35,36,37,38,40,45). The number of carbonyl (C=O) groups excluding carboxylic acids is 1. The van der Waals surface area contributed by atoms with Crippen LogP contribution >= 0.6 is 23.8 Å². The van der Waals surface area contributed by atoms with Crippen LogP contribution in [0.2, 0.25) is 5.02 Å². The van der Waals surface area contributed by atoms with E-state index in [1.807, 2.05) is 18.2 Å². The summed E-state index contributed by atoms with van der Waals surface area (Å²) in [6.07, 6.45) is 0.619. The summed E-state index contributed by atoms with van der Waals surface area (Å²) in [5.41, 5.74) is 1.13. The molecule has 15 heteroatoms. The van der Waals surface area contributed by atoms with Gasteiger partial charge >= 0.3 is 17.7 Å². The van der Waals surface area contributed by atoms with Crippen molar-refractivity contribution in [2.45, 2.75) is 6.42 Å². The Kier molecular flexibility index (Phi) is 9.87. The number of thiocarbonyl (C=S) groups is 1. The van der Waals surface area contributed by atoms with Crippen molar-refractivity contribution in [1.29, 1.82) is 0 Å². The van der Waals surface area contributed by atoms with Crippen molar-refractivity contribution in [3.63, 3.8) is 0 Å². The Morgan fingerprint density at radius 2 is 1.64 bits per heavy atom. The molecule has 0 saturated carbocycles. The number of fused-ring (bicyclic) bond motifs is 1. The molecule has 4 N–H and O–H groups in total. The van der Waals surface area contributed by atoms with E-state index < -0.39 is 11.7 Å². The number of hydrogen-bond acceptors (Lipinski definition) is 10. The van der Waals surface area contributed by atoms with E-state index in [1.54, 1.807) is 62.8 Å². The summed E-state index contributed by atoms with van der Waals surface area (Å²) in [5.74, 6) is 1.20. The van der Waals surface area contributed by atoms with Crippen LogP contribution in [0.3, 0.4) is 0 Å². The summed E-state index contributed by atoms with van der Waals surface area (Å²) in [4.78, 5) is 37.6. The van der Waals surface area contributed by atoms with E-state index in [0.29, 0.717) is 46.1 Å². The zero-order valence-corrected chi connectivity index (χ0v) is 25.5. The number of nitrogens with zero attached hydrogens (tertiary/aromatic N) is 3. The Bertz CT molecular complexity index is 1920. The second kappa shape index (κ2) is 14.3. The molecule has 45 heavy (non-hydrogen) atoms. The van der Waals surface area contributed by atoms with Crippen molar-refractivity contribution in [3.8, 4) is 23.3 Å². The lowest BCUT2D eigenvalue weighted by molar-refractivity contribution is 0.262. The third-order valence-corrected chi connectivity index (χ3v) is 6.59. The normalized spacial score (nSPS) is 10.6. The molecule has 2 aromatic heterocycles. The number of para-hydroxylation sites is 1. The first kappa shape index (κ1) is 31.0. The smallest absolute Gasteiger partial charge is 0.339 e. The van der Waals surface area contributed by atoms with Gasteiger partial charge in [0, 0.05) is 17.3 Å². The van der Waals surface area contributed by atoms with Gasteiger partial charge in [-0.05, 0) is 66.7 Å². The van der Waals surface area contributed by atoms with Crippen LogP contribution in [0.5, 0.6) is 23.3 Å². The molecule has 13 nitrogen and oxygen atoms in total. The molecule has 230 valence electrons. The fraction of sp³-hybridized carbons (Fsp3) is 0.133. The van der Waals surface area contributed by atoms with Gasteiger partial charge in [-0.25, -0.2) is 9.59 Å². The van der Waals surface area contributed by atoms with E-state index in [1.165, 1.54) is 6.07 Å². The Hall–Kier alpha value is -5.47. The molecule has 0 fully saturated rings. The van der Waals surface area contributed by atoms with Crippen LogP contribution in [0.25, 0.3) is 11.0 Å². The van der Waals surface area contributed by atoms with Gasteiger partial charge in [-0.2, -0.15) is 15.0 Å². The second-order valence-corrected chi connectivity index (χ2v) is 10.0. The van der Waals surface area contributed by atoms with E-state index in [0.717, 1.165) is 5.56 Å². The summed E-state index contributed by atoms with van der Waals surface area (Å²) in [6, 6.07) is 19.4. The molecule has 0 aliphatic carbocycles. The molecule has 0 spiro atoms. The predicted octanol–water partition coefficient (Wildman–Crippen LogP) is 5.61. The number of nitrogens with one attached hydrogen (secondary N) is 4. The molecular weight excluding hydrogens is 622 g/mol. The van der Waals surface area contributed by atoms with E-state index in [4.69, 9.17) is 42.4 Å². The number of hydrogen-bond donors (Lipinski definition) is 4. The SMILES string of the molecule is COc1ccc(CCNC(=S)Nc2nc(NC(=O)Nc3cccc(Cl)c3)nc(Oc3cc(=O)oc4ccccc34)n2)cc1OC. The second-order valence-electron chi connectivity index (χ2n) is 9.20. The maximum absolute atomic E-state index is 12.7. The number of methoxy groups -OCH3 is 2. The molecule has 5 aromatic rings. The average Bonchev–Trinajstić information content (AvgIpc) is 3.00. The third-order valence-electron chi connectivity index (χ3n) is 6.11. The highest BCUT2D eigenvalue weighted by Gasteiger charge is 2.15. The summed E-state index contributed by atoms with van der Waals surface area (Å²) in [7, 11) is 3.15. The Morgan fingerprint density at radius 3 is 2.42 bits per heavy atom. The molecule has 0 aliphatic heterocycles. The lowest BCUT2D eigenvalue weighted by Crippen LogP contribution is -2.31. The minimum absolute atomic E-state index is 0.0334. The minimum atomic E-state index is -0.651. The van der Waals surface area contributed by atoms with Crippen LogP contribution in [-0.2, 0) is 6.42 Å². The quantitative estimate of drug-likeness (QED) is 0.110. The molecule has 0 radical (unpaired) electrons. The highest BCUT2D eigenvalue weighted by atomic mass is 35.5. The van der Waals surface area contributed by atoms with Crippen molar-refractivity contribution in [2.24, 2.45) is 0 Å². The summed E-state index contributed by atoms with van der Waals surface area (Å²) in [6.45, 7) is 0.467. The average molecular weight is 648 g/mol. The Balaban J connectivity index is 1.33. The van der Waals surface area contributed by atoms with E-state index in [9.17, 15) is 9.59 Å². The van der Waals surface area contributed by atoms with Crippen molar-refractivity contribution in [2.75, 3.05) is 36.7 Å². The lowest BCUT2D eigenvalue weighted by Gasteiger charge is -2.13.